The van der Waals surface area contributed by atoms with Gasteiger partial charge in [-0.1, -0.05) is 12.1 Å². The number of para-hydroxylation sites is 1. The molecular formula is C16H13BrClFN2. The normalized spacial score (nSPS) is 11.2. The highest BCUT2D eigenvalue weighted by molar-refractivity contribution is 9.10. The van der Waals surface area contributed by atoms with Crippen LogP contribution in [0, 0.1) is 12.7 Å². The molecule has 0 amide bonds. The lowest BCUT2D eigenvalue weighted by atomic mass is 10.2. The summed E-state index contributed by atoms with van der Waals surface area (Å²) >= 11 is 9.14. The van der Waals surface area contributed by atoms with E-state index in [9.17, 15) is 4.39 Å². The fourth-order valence-electron chi connectivity index (χ4n) is 2.45. The molecule has 0 bridgehead atoms. The van der Waals surface area contributed by atoms with Crippen LogP contribution >= 0.6 is 27.5 Å². The average Bonchev–Trinajstić information content (AvgIpc) is 2.82. The van der Waals surface area contributed by atoms with Gasteiger partial charge in [-0.25, -0.2) is 9.37 Å². The summed E-state index contributed by atoms with van der Waals surface area (Å²) in [6.45, 7) is 2.03. The van der Waals surface area contributed by atoms with E-state index >= 15 is 0 Å². The Hall–Kier alpha value is -1.39. The van der Waals surface area contributed by atoms with Crippen molar-refractivity contribution in [2.45, 2.75) is 13.3 Å². The van der Waals surface area contributed by atoms with E-state index in [1.807, 2.05) is 29.7 Å². The Morgan fingerprint density at radius 2 is 2.10 bits per heavy atom. The molecule has 0 aliphatic heterocycles. The molecule has 3 rings (SSSR count). The molecule has 3 aromatic rings. The molecule has 108 valence electrons. The summed E-state index contributed by atoms with van der Waals surface area (Å²) in [6, 6.07) is 11.0. The molecule has 1 heterocycles. The number of fused-ring (bicyclic) bond motifs is 1. The molecule has 0 N–H and O–H groups in total. The maximum atomic E-state index is 13.5. The van der Waals surface area contributed by atoms with Gasteiger partial charge in [0.05, 0.1) is 15.5 Å². The molecule has 0 atom stereocenters. The monoisotopic (exact) mass is 366 g/mol. The van der Waals surface area contributed by atoms with Crippen molar-refractivity contribution in [3.05, 3.63) is 58.1 Å². The third kappa shape index (κ3) is 2.58. The molecule has 2 nitrogen and oxygen atoms in total. The van der Waals surface area contributed by atoms with Crippen molar-refractivity contribution in [3.8, 4) is 5.69 Å². The predicted octanol–water partition coefficient (Wildman–Crippen LogP) is 5.02. The Morgan fingerprint density at radius 3 is 2.81 bits per heavy atom. The van der Waals surface area contributed by atoms with E-state index in [4.69, 9.17) is 16.6 Å². The zero-order valence-corrected chi connectivity index (χ0v) is 13.7. The highest BCUT2D eigenvalue weighted by Crippen LogP contribution is 2.27. The smallest absolute Gasteiger partial charge is 0.137 e. The van der Waals surface area contributed by atoms with Crippen LogP contribution in [0.25, 0.3) is 16.7 Å². The minimum absolute atomic E-state index is 0.279. The van der Waals surface area contributed by atoms with Crippen molar-refractivity contribution in [3.63, 3.8) is 0 Å². The van der Waals surface area contributed by atoms with E-state index in [0.29, 0.717) is 16.8 Å². The molecular weight excluding hydrogens is 355 g/mol. The fraction of sp³-hybridized carbons (Fsp3) is 0.188. The first-order chi connectivity index (χ1) is 10.1. The van der Waals surface area contributed by atoms with Gasteiger partial charge in [-0.2, -0.15) is 0 Å². The highest BCUT2D eigenvalue weighted by Gasteiger charge is 2.14. The third-order valence-electron chi connectivity index (χ3n) is 3.44. The van der Waals surface area contributed by atoms with Crippen LogP contribution in [-0.4, -0.2) is 15.4 Å². The number of nitrogens with zero attached hydrogens (tertiary/aromatic N) is 2. The molecule has 5 heteroatoms. The predicted molar refractivity (Wildman–Crippen MR) is 87.9 cm³/mol. The SMILES string of the molecule is Cc1cccc2c1nc(CCCl)n2-c1ccc(F)c(Br)c1. The van der Waals surface area contributed by atoms with E-state index in [1.54, 1.807) is 12.1 Å². The molecule has 0 radical (unpaired) electrons. The van der Waals surface area contributed by atoms with Crippen LogP contribution in [0.1, 0.15) is 11.4 Å². The lowest BCUT2D eigenvalue weighted by molar-refractivity contribution is 0.620. The summed E-state index contributed by atoms with van der Waals surface area (Å²) in [5.74, 6) is 1.09. The minimum Gasteiger partial charge on any atom is -0.296 e. The van der Waals surface area contributed by atoms with Crippen molar-refractivity contribution in [1.29, 1.82) is 0 Å². The average molecular weight is 368 g/mol. The summed E-state index contributed by atoms with van der Waals surface area (Å²) in [7, 11) is 0. The van der Waals surface area contributed by atoms with Crippen molar-refractivity contribution in [1.82, 2.24) is 9.55 Å². The molecule has 1 aromatic heterocycles. The number of imidazole rings is 1. The van der Waals surface area contributed by atoms with Gasteiger partial charge in [0, 0.05) is 18.0 Å². The topological polar surface area (TPSA) is 17.8 Å². The lowest BCUT2D eigenvalue weighted by Crippen LogP contribution is -2.02. The quantitative estimate of drug-likeness (QED) is 0.595. The second-order valence-electron chi connectivity index (χ2n) is 4.84. The van der Waals surface area contributed by atoms with Crippen molar-refractivity contribution in [2.75, 3.05) is 5.88 Å². The van der Waals surface area contributed by atoms with Gasteiger partial charge in [-0.05, 0) is 52.7 Å². The standard InChI is InChI=1S/C16H13BrClFN2/c1-10-3-2-4-14-16(10)20-15(7-8-18)21(14)11-5-6-13(19)12(17)9-11/h2-6,9H,7-8H2,1H3. The number of halogens is 3. The van der Waals surface area contributed by atoms with Gasteiger partial charge < -0.3 is 0 Å². The number of rotatable bonds is 3. The van der Waals surface area contributed by atoms with Gasteiger partial charge in [-0.3, -0.25) is 4.57 Å². The van der Waals surface area contributed by atoms with Crippen LogP contribution in [0.5, 0.6) is 0 Å². The second kappa shape index (κ2) is 5.78. The van der Waals surface area contributed by atoms with Crippen LogP contribution in [0.2, 0.25) is 0 Å². The Kier molecular flexibility index (Phi) is 4.00. The maximum Gasteiger partial charge on any atom is 0.137 e. The van der Waals surface area contributed by atoms with Gasteiger partial charge in [0.2, 0.25) is 0 Å². The summed E-state index contributed by atoms with van der Waals surface area (Å²) in [6.07, 6.45) is 0.657. The van der Waals surface area contributed by atoms with E-state index in [1.165, 1.54) is 6.07 Å². The Morgan fingerprint density at radius 1 is 1.29 bits per heavy atom. The summed E-state index contributed by atoms with van der Waals surface area (Å²) < 4.78 is 15.9. The Labute approximate surface area is 135 Å². The number of benzene rings is 2. The molecule has 0 unspecified atom stereocenters. The number of hydrogen-bond donors (Lipinski definition) is 0. The molecule has 0 fully saturated rings. The van der Waals surface area contributed by atoms with Gasteiger partial charge >= 0.3 is 0 Å². The molecule has 2 aromatic carbocycles. The van der Waals surface area contributed by atoms with Crippen molar-refractivity contribution in [2.24, 2.45) is 0 Å². The summed E-state index contributed by atoms with van der Waals surface area (Å²) in [5.41, 5.74) is 3.95. The first-order valence-corrected chi connectivity index (χ1v) is 7.93. The Balaban J connectivity index is 2.30. The highest BCUT2D eigenvalue weighted by atomic mass is 79.9. The van der Waals surface area contributed by atoms with Gasteiger partial charge in [0.1, 0.15) is 11.6 Å². The number of aryl methyl sites for hydroxylation is 2. The Bertz CT molecular complexity index is 813. The lowest BCUT2D eigenvalue weighted by Gasteiger charge is -2.09. The number of aromatic nitrogens is 2. The van der Waals surface area contributed by atoms with E-state index in [2.05, 4.69) is 15.9 Å². The van der Waals surface area contributed by atoms with Gasteiger partial charge in [-0.15, -0.1) is 11.6 Å². The third-order valence-corrected chi connectivity index (χ3v) is 4.23. The van der Waals surface area contributed by atoms with Gasteiger partial charge in [0.25, 0.3) is 0 Å². The zero-order chi connectivity index (χ0) is 15.0. The van der Waals surface area contributed by atoms with Crippen LogP contribution in [-0.2, 0) is 6.42 Å². The molecule has 0 aliphatic carbocycles. The molecule has 0 spiro atoms. The van der Waals surface area contributed by atoms with Crippen LogP contribution in [0.15, 0.2) is 40.9 Å². The van der Waals surface area contributed by atoms with Crippen LogP contribution in [0.4, 0.5) is 4.39 Å². The van der Waals surface area contributed by atoms with E-state index in [-0.39, 0.29) is 5.82 Å². The van der Waals surface area contributed by atoms with Gasteiger partial charge in [0.15, 0.2) is 0 Å². The molecule has 0 saturated carbocycles. The largest absolute Gasteiger partial charge is 0.296 e. The molecule has 0 aliphatic rings. The first-order valence-electron chi connectivity index (χ1n) is 6.60. The molecule has 0 saturated heterocycles. The maximum absolute atomic E-state index is 13.5. The summed E-state index contributed by atoms with van der Waals surface area (Å²) in [4.78, 5) is 4.70. The minimum atomic E-state index is -0.279. The second-order valence-corrected chi connectivity index (χ2v) is 6.08. The van der Waals surface area contributed by atoms with Crippen LogP contribution < -0.4 is 0 Å². The fourth-order valence-corrected chi connectivity index (χ4v) is 2.99. The summed E-state index contributed by atoms with van der Waals surface area (Å²) in [5, 5.41) is 0. The van der Waals surface area contributed by atoms with Crippen molar-refractivity contribution < 1.29 is 4.39 Å². The van der Waals surface area contributed by atoms with E-state index in [0.717, 1.165) is 28.1 Å². The van der Waals surface area contributed by atoms with E-state index < -0.39 is 0 Å². The van der Waals surface area contributed by atoms with Crippen LogP contribution in [0.3, 0.4) is 0 Å². The number of hydrogen-bond acceptors (Lipinski definition) is 1. The molecule has 21 heavy (non-hydrogen) atoms. The number of alkyl halides is 1. The van der Waals surface area contributed by atoms with Crippen molar-refractivity contribution >= 4 is 38.6 Å². The first kappa shape index (κ1) is 14.5. The zero-order valence-electron chi connectivity index (χ0n) is 11.4.